The Hall–Kier alpha value is -1.28. The van der Waals surface area contributed by atoms with Crippen LogP contribution in [0, 0.1) is 13.8 Å². The molecule has 0 spiro atoms. The maximum atomic E-state index is 9.89. The van der Waals surface area contributed by atoms with Gasteiger partial charge >= 0.3 is 0 Å². The summed E-state index contributed by atoms with van der Waals surface area (Å²) in [5, 5.41) is 11.0. The molecule has 1 N–H and O–H groups in total. The fourth-order valence-corrected chi connectivity index (χ4v) is 1.94. The van der Waals surface area contributed by atoms with Crippen molar-refractivity contribution in [1.82, 2.24) is 0 Å². The number of furan rings is 1. The van der Waals surface area contributed by atoms with Crippen LogP contribution in [-0.2, 0) is 0 Å². The van der Waals surface area contributed by atoms with E-state index in [1.54, 1.807) is 0 Å². The van der Waals surface area contributed by atoms with Crippen LogP contribution < -0.4 is 0 Å². The topological polar surface area (TPSA) is 33.4 Å². The van der Waals surface area contributed by atoms with Gasteiger partial charge in [-0.1, -0.05) is 25.5 Å². The molecule has 0 aliphatic heterocycles. The second kappa shape index (κ2) is 4.30. The second-order valence-electron chi connectivity index (χ2n) is 4.38. The van der Waals surface area contributed by atoms with Crippen molar-refractivity contribution in [1.29, 1.82) is 0 Å². The molecule has 0 radical (unpaired) electrons. The molecule has 0 saturated carbocycles. The van der Waals surface area contributed by atoms with Crippen molar-refractivity contribution in [2.45, 2.75) is 39.7 Å². The smallest absolute Gasteiger partial charge is 0.137 e. The van der Waals surface area contributed by atoms with Crippen LogP contribution in [0.25, 0.3) is 11.0 Å². The highest BCUT2D eigenvalue weighted by atomic mass is 16.4. The van der Waals surface area contributed by atoms with Gasteiger partial charge in [-0.2, -0.15) is 0 Å². The van der Waals surface area contributed by atoms with E-state index < -0.39 is 6.10 Å². The summed E-state index contributed by atoms with van der Waals surface area (Å²) in [5.41, 5.74) is 3.29. The van der Waals surface area contributed by atoms with E-state index in [-0.39, 0.29) is 0 Å². The predicted molar refractivity (Wildman–Crippen MR) is 65.6 cm³/mol. The Labute approximate surface area is 95.9 Å². The van der Waals surface area contributed by atoms with Gasteiger partial charge in [0.05, 0.1) is 0 Å². The average molecular weight is 218 g/mol. The molecule has 0 bridgehead atoms. The van der Waals surface area contributed by atoms with Crippen LogP contribution in [0.1, 0.15) is 42.8 Å². The predicted octanol–water partition coefficient (Wildman–Crippen LogP) is 3.88. The Kier molecular flexibility index (Phi) is 3.01. The van der Waals surface area contributed by atoms with E-state index in [0.717, 1.165) is 29.4 Å². The summed E-state index contributed by atoms with van der Waals surface area (Å²) >= 11 is 0. The molecular weight excluding hydrogens is 200 g/mol. The number of rotatable bonds is 3. The average Bonchev–Trinajstić information content (AvgIpc) is 2.69. The fourth-order valence-electron chi connectivity index (χ4n) is 1.94. The summed E-state index contributed by atoms with van der Waals surface area (Å²) in [7, 11) is 0. The van der Waals surface area contributed by atoms with Crippen molar-refractivity contribution in [3.8, 4) is 0 Å². The molecule has 2 nitrogen and oxygen atoms in total. The molecule has 0 amide bonds. The Morgan fingerprint density at radius 3 is 2.75 bits per heavy atom. The molecule has 86 valence electrons. The normalized spacial score (nSPS) is 13.2. The molecule has 0 aliphatic rings. The van der Waals surface area contributed by atoms with Crippen LogP contribution in [0.4, 0.5) is 0 Å². The molecule has 0 fully saturated rings. The van der Waals surface area contributed by atoms with Crippen LogP contribution in [-0.4, -0.2) is 5.11 Å². The summed E-state index contributed by atoms with van der Waals surface area (Å²) in [5.74, 6) is 0.686. The van der Waals surface area contributed by atoms with E-state index in [4.69, 9.17) is 4.42 Å². The molecule has 2 rings (SSSR count). The van der Waals surface area contributed by atoms with Crippen molar-refractivity contribution in [2.24, 2.45) is 0 Å². The lowest BCUT2D eigenvalue weighted by molar-refractivity contribution is 0.141. The quantitative estimate of drug-likeness (QED) is 0.848. The lowest BCUT2D eigenvalue weighted by Crippen LogP contribution is -1.93. The molecule has 1 atom stereocenters. The van der Waals surface area contributed by atoms with Gasteiger partial charge in [0, 0.05) is 5.39 Å². The Morgan fingerprint density at radius 1 is 1.31 bits per heavy atom. The van der Waals surface area contributed by atoms with Gasteiger partial charge in [0.2, 0.25) is 0 Å². The van der Waals surface area contributed by atoms with E-state index in [1.807, 2.05) is 12.1 Å². The summed E-state index contributed by atoms with van der Waals surface area (Å²) in [6, 6.07) is 6.08. The first-order valence-electron chi connectivity index (χ1n) is 5.81. The van der Waals surface area contributed by atoms with Gasteiger partial charge in [0.25, 0.3) is 0 Å². The number of aryl methyl sites for hydroxylation is 2. The zero-order valence-electron chi connectivity index (χ0n) is 10.1. The zero-order valence-corrected chi connectivity index (χ0v) is 10.1. The van der Waals surface area contributed by atoms with Gasteiger partial charge in [-0.05, 0) is 37.5 Å². The first-order valence-corrected chi connectivity index (χ1v) is 5.81. The summed E-state index contributed by atoms with van der Waals surface area (Å²) < 4.78 is 5.74. The largest absolute Gasteiger partial charge is 0.458 e. The Morgan fingerprint density at radius 2 is 2.06 bits per heavy atom. The third kappa shape index (κ3) is 1.85. The summed E-state index contributed by atoms with van der Waals surface area (Å²) in [6.45, 7) is 6.18. The first-order chi connectivity index (χ1) is 7.63. The van der Waals surface area contributed by atoms with Gasteiger partial charge in [-0.25, -0.2) is 0 Å². The van der Waals surface area contributed by atoms with Crippen molar-refractivity contribution in [3.63, 3.8) is 0 Å². The molecule has 2 heteroatoms. The second-order valence-corrected chi connectivity index (χ2v) is 4.38. The molecular formula is C14H18O2. The third-order valence-corrected chi connectivity index (χ3v) is 3.12. The number of hydrogen-bond acceptors (Lipinski definition) is 2. The monoisotopic (exact) mass is 218 g/mol. The van der Waals surface area contributed by atoms with Gasteiger partial charge in [0.1, 0.15) is 17.4 Å². The van der Waals surface area contributed by atoms with Gasteiger partial charge in [0.15, 0.2) is 0 Å². The minimum absolute atomic E-state index is 0.475. The van der Waals surface area contributed by atoms with Crippen LogP contribution in [0.2, 0.25) is 0 Å². The highest BCUT2D eigenvalue weighted by molar-refractivity contribution is 5.82. The maximum Gasteiger partial charge on any atom is 0.137 e. The number of aliphatic hydroxyl groups excluding tert-OH is 1. The summed E-state index contributed by atoms with van der Waals surface area (Å²) in [6.07, 6.45) is 1.23. The number of benzene rings is 1. The molecule has 1 aromatic heterocycles. The Bertz CT molecular complexity index is 497. The van der Waals surface area contributed by atoms with Gasteiger partial charge in [-0.15, -0.1) is 0 Å². The van der Waals surface area contributed by atoms with Crippen LogP contribution in [0.5, 0.6) is 0 Å². The van der Waals surface area contributed by atoms with Crippen molar-refractivity contribution in [3.05, 3.63) is 35.1 Å². The molecule has 1 heterocycles. The minimum atomic E-state index is -0.475. The number of hydrogen-bond donors (Lipinski definition) is 1. The molecule has 16 heavy (non-hydrogen) atoms. The maximum absolute atomic E-state index is 9.89. The van der Waals surface area contributed by atoms with Crippen LogP contribution in [0.3, 0.4) is 0 Å². The zero-order chi connectivity index (χ0) is 11.7. The highest BCUT2D eigenvalue weighted by Gasteiger charge is 2.13. The molecule has 1 aromatic carbocycles. The molecule has 0 aliphatic carbocycles. The SMILES string of the molecule is CCCC(O)c1cc2ccc(C)c(C)c2o1. The molecule has 0 saturated heterocycles. The van der Waals surface area contributed by atoms with E-state index in [9.17, 15) is 5.11 Å². The highest BCUT2D eigenvalue weighted by Crippen LogP contribution is 2.29. The minimum Gasteiger partial charge on any atom is -0.458 e. The lowest BCUT2D eigenvalue weighted by atomic mass is 10.1. The number of fused-ring (bicyclic) bond motifs is 1. The van der Waals surface area contributed by atoms with E-state index in [1.165, 1.54) is 5.56 Å². The fraction of sp³-hybridized carbons (Fsp3) is 0.429. The van der Waals surface area contributed by atoms with Crippen molar-refractivity contribution in [2.75, 3.05) is 0 Å². The van der Waals surface area contributed by atoms with E-state index >= 15 is 0 Å². The van der Waals surface area contributed by atoms with Gasteiger partial charge in [-0.3, -0.25) is 0 Å². The third-order valence-electron chi connectivity index (χ3n) is 3.12. The van der Waals surface area contributed by atoms with Gasteiger partial charge < -0.3 is 9.52 Å². The lowest BCUT2D eigenvalue weighted by Gasteiger charge is -2.04. The molecule has 2 aromatic rings. The summed E-state index contributed by atoms with van der Waals surface area (Å²) in [4.78, 5) is 0. The van der Waals surface area contributed by atoms with Crippen molar-refractivity contribution < 1.29 is 9.52 Å². The number of aliphatic hydroxyl groups is 1. The van der Waals surface area contributed by atoms with E-state index in [0.29, 0.717) is 5.76 Å². The first kappa shape index (κ1) is 11.2. The van der Waals surface area contributed by atoms with E-state index in [2.05, 4.69) is 26.8 Å². The standard InChI is InChI=1S/C14H18O2/c1-4-5-12(15)13-8-11-7-6-9(2)10(3)14(11)16-13/h6-8,12,15H,4-5H2,1-3H3. The van der Waals surface area contributed by atoms with Crippen LogP contribution in [0.15, 0.2) is 22.6 Å². The Balaban J connectivity index is 2.48. The van der Waals surface area contributed by atoms with Crippen LogP contribution >= 0.6 is 0 Å². The van der Waals surface area contributed by atoms with Crippen molar-refractivity contribution >= 4 is 11.0 Å². The molecule has 1 unspecified atom stereocenters.